The molecule has 0 saturated heterocycles. The molecule has 0 saturated carbocycles. The van der Waals surface area contributed by atoms with Gasteiger partial charge < -0.3 is 4.74 Å². The lowest BCUT2D eigenvalue weighted by molar-refractivity contribution is 0.348. The fourth-order valence-corrected chi connectivity index (χ4v) is 0.919. The number of allylic oxidation sites excluding steroid dienone is 1. The first-order valence-corrected chi connectivity index (χ1v) is 4.62. The van der Waals surface area contributed by atoms with E-state index in [9.17, 15) is 0 Å². The Morgan fingerprint density at radius 2 is 2.31 bits per heavy atom. The summed E-state index contributed by atoms with van der Waals surface area (Å²) in [7, 11) is 0. The van der Waals surface area contributed by atoms with Crippen LogP contribution in [0.15, 0.2) is 36.5 Å². The molecular formula is C11H15NO. The summed E-state index contributed by atoms with van der Waals surface area (Å²) in [6.07, 6.45) is 8.18. The highest BCUT2D eigenvalue weighted by Gasteiger charge is 1.87. The minimum Gasteiger partial charge on any atom is -0.473 e. The molecular weight excluding hydrogens is 162 g/mol. The van der Waals surface area contributed by atoms with Crippen molar-refractivity contribution in [2.24, 2.45) is 0 Å². The molecule has 0 atom stereocenters. The second-order valence-electron chi connectivity index (χ2n) is 2.74. The van der Waals surface area contributed by atoms with Crippen molar-refractivity contribution < 1.29 is 4.74 Å². The first-order chi connectivity index (χ1) is 6.43. The van der Waals surface area contributed by atoms with E-state index in [2.05, 4.69) is 18.0 Å². The summed E-state index contributed by atoms with van der Waals surface area (Å²) in [4.78, 5) is 4.04. The molecule has 0 aliphatic rings. The average molecular weight is 177 g/mol. The summed E-state index contributed by atoms with van der Waals surface area (Å²) in [5.41, 5.74) is 0. The fourth-order valence-electron chi connectivity index (χ4n) is 0.919. The van der Waals surface area contributed by atoms with Gasteiger partial charge in [-0.2, -0.15) is 0 Å². The van der Waals surface area contributed by atoms with Crippen LogP contribution >= 0.6 is 0 Å². The summed E-state index contributed by atoms with van der Waals surface area (Å²) in [5, 5.41) is 0. The summed E-state index contributed by atoms with van der Waals surface area (Å²) in [6.45, 7) is 2.76. The van der Waals surface area contributed by atoms with E-state index in [0.29, 0.717) is 12.5 Å². The van der Waals surface area contributed by atoms with E-state index in [1.807, 2.05) is 24.3 Å². The predicted molar refractivity (Wildman–Crippen MR) is 53.8 cm³/mol. The largest absolute Gasteiger partial charge is 0.473 e. The van der Waals surface area contributed by atoms with Gasteiger partial charge in [-0.1, -0.05) is 31.6 Å². The summed E-state index contributed by atoms with van der Waals surface area (Å²) < 4.78 is 5.35. The molecule has 0 aliphatic carbocycles. The van der Waals surface area contributed by atoms with Crippen LogP contribution in [0.5, 0.6) is 5.88 Å². The van der Waals surface area contributed by atoms with Gasteiger partial charge in [0.25, 0.3) is 0 Å². The Balaban J connectivity index is 2.20. The molecule has 1 rings (SSSR count). The number of hydrogen-bond acceptors (Lipinski definition) is 2. The predicted octanol–water partition coefficient (Wildman–Crippen LogP) is 2.82. The zero-order chi connectivity index (χ0) is 9.36. The second-order valence-corrected chi connectivity index (χ2v) is 2.74. The van der Waals surface area contributed by atoms with Gasteiger partial charge in [-0.15, -0.1) is 0 Å². The van der Waals surface area contributed by atoms with E-state index in [1.165, 1.54) is 6.42 Å². The van der Waals surface area contributed by atoms with Crippen molar-refractivity contribution in [2.45, 2.75) is 19.8 Å². The smallest absolute Gasteiger partial charge is 0.213 e. The van der Waals surface area contributed by atoms with Crippen molar-refractivity contribution in [3.8, 4) is 5.88 Å². The van der Waals surface area contributed by atoms with Gasteiger partial charge in [0.2, 0.25) is 5.88 Å². The van der Waals surface area contributed by atoms with Gasteiger partial charge in [-0.25, -0.2) is 4.98 Å². The van der Waals surface area contributed by atoms with Crippen molar-refractivity contribution in [1.29, 1.82) is 0 Å². The molecule has 0 radical (unpaired) electrons. The zero-order valence-corrected chi connectivity index (χ0v) is 7.94. The number of rotatable bonds is 5. The molecule has 1 aromatic heterocycles. The molecule has 13 heavy (non-hydrogen) atoms. The van der Waals surface area contributed by atoms with Crippen molar-refractivity contribution in [1.82, 2.24) is 4.98 Å². The molecule has 1 heterocycles. The van der Waals surface area contributed by atoms with Gasteiger partial charge in [-0.3, -0.25) is 0 Å². The summed E-state index contributed by atoms with van der Waals surface area (Å²) >= 11 is 0. The fraction of sp³-hybridized carbons (Fsp3) is 0.364. The lowest BCUT2D eigenvalue weighted by Gasteiger charge is -1.99. The van der Waals surface area contributed by atoms with Crippen LogP contribution in [0.25, 0.3) is 0 Å². The topological polar surface area (TPSA) is 22.1 Å². The minimum atomic E-state index is 0.608. The van der Waals surface area contributed by atoms with Crippen molar-refractivity contribution >= 4 is 0 Å². The van der Waals surface area contributed by atoms with Crippen LogP contribution in [-0.2, 0) is 0 Å². The van der Waals surface area contributed by atoms with Crippen LogP contribution in [-0.4, -0.2) is 11.6 Å². The molecule has 0 aliphatic heterocycles. The number of pyridine rings is 1. The summed E-state index contributed by atoms with van der Waals surface area (Å²) in [5.74, 6) is 0.684. The maximum atomic E-state index is 5.35. The van der Waals surface area contributed by atoms with Crippen LogP contribution < -0.4 is 4.74 Å². The number of aromatic nitrogens is 1. The second kappa shape index (κ2) is 6.23. The number of ether oxygens (including phenoxy) is 1. The molecule has 2 heteroatoms. The monoisotopic (exact) mass is 177 g/mol. The van der Waals surface area contributed by atoms with Crippen LogP contribution in [0, 0.1) is 0 Å². The SMILES string of the molecule is CCC/C=C/COc1ccccn1. The summed E-state index contributed by atoms with van der Waals surface area (Å²) in [6, 6.07) is 5.64. The third-order valence-electron chi connectivity index (χ3n) is 1.59. The molecule has 0 bridgehead atoms. The lowest BCUT2D eigenvalue weighted by Crippen LogP contribution is -1.94. The molecule has 70 valence electrons. The van der Waals surface area contributed by atoms with Crippen LogP contribution in [0.1, 0.15) is 19.8 Å². The Labute approximate surface area is 79.3 Å². The Morgan fingerprint density at radius 1 is 1.38 bits per heavy atom. The highest BCUT2D eigenvalue weighted by atomic mass is 16.5. The molecule has 0 N–H and O–H groups in total. The quantitative estimate of drug-likeness (QED) is 0.645. The Kier molecular flexibility index (Phi) is 4.69. The van der Waals surface area contributed by atoms with Crippen molar-refractivity contribution in [3.63, 3.8) is 0 Å². The number of unbranched alkanes of at least 4 members (excludes halogenated alkanes) is 1. The van der Waals surface area contributed by atoms with Crippen LogP contribution in [0.2, 0.25) is 0 Å². The first kappa shape index (κ1) is 9.78. The number of nitrogens with zero attached hydrogens (tertiary/aromatic N) is 1. The van der Waals surface area contributed by atoms with Gasteiger partial charge in [0.1, 0.15) is 6.61 Å². The molecule has 0 aromatic carbocycles. The Bertz CT molecular complexity index is 244. The van der Waals surface area contributed by atoms with E-state index in [1.54, 1.807) is 6.20 Å². The van der Waals surface area contributed by atoms with E-state index in [0.717, 1.165) is 6.42 Å². The molecule has 0 spiro atoms. The first-order valence-electron chi connectivity index (χ1n) is 4.62. The van der Waals surface area contributed by atoms with Crippen LogP contribution in [0.3, 0.4) is 0 Å². The maximum absolute atomic E-state index is 5.35. The van der Waals surface area contributed by atoms with E-state index < -0.39 is 0 Å². The number of hydrogen-bond donors (Lipinski definition) is 0. The Morgan fingerprint density at radius 3 is 3.00 bits per heavy atom. The van der Waals surface area contributed by atoms with Gasteiger partial charge in [0.15, 0.2) is 0 Å². The highest BCUT2D eigenvalue weighted by Crippen LogP contribution is 2.02. The van der Waals surface area contributed by atoms with Crippen molar-refractivity contribution in [2.75, 3.05) is 6.61 Å². The average Bonchev–Trinajstić information content (AvgIpc) is 2.19. The zero-order valence-electron chi connectivity index (χ0n) is 7.94. The molecule has 1 aromatic rings. The third kappa shape index (κ3) is 4.31. The van der Waals surface area contributed by atoms with Crippen molar-refractivity contribution in [3.05, 3.63) is 36.5 Å². The normalized spacial score (nSPS) is 10.5. The maximum Gasteiger partial charge on any atom is 0.213 e. The highest BCUT2D eigenvalue weighted by molar-refractivity contribution is 5.09. The molecule has 0 fully saturated rings. The van der Waals surface area contributed by atoms with E-state index in [4.69, 9.17) is 4.74 Å². The van der Waals surface area contributed by atoms with Crippen LogP contribution in [0.4, 0.5) is 0 Å². The van der Waals surface area contributed by atoms with Gasteiger partial charge in [0.05, 0.1) is 0 Å². The molecule has 2 nitrogen and oxygen atoms in total. The standard InChI is InChI=1S/C11H15NO/c1-2-3-4-7-10-13-11-8-5-6-9-12-11/h4-9H,2-3,10H2,1H3/b7-4+. The Hall–Kier alpha value is -1.31. The molecule has 0 amide bonds. The van der Waals surface area contributed by atoms with Gasteiger partial charge in [0, 0.05) is 12.3 Å². The minimum absolute atomic E-state index is 0.608. The third-order valence-corrected chi connectivity index (χ3v) is 1.59. The van der Waals surface area contributed by atoms with E-state index >= 15 is 0 Å². The van der Waals surface area contributed by atoms with Gasteiger partial charge in [-0.05, 0) is 12.5 Å². The molecule has 0 unspecified atom stereocenters. The van der Waals surface area contributed by atoms with E-state index in [-0.39, 0.29) is 0 Å². The van der Waals surface area contributed by atoms with Gasteiger partial charge >= 0.3 is 0 Å². The lowest BCUT2D eigenvalue weighted by atomic mass is 10.3.